The molecule has 2 nitrogen and oxygen atoms in total. The van der Waals surface area contributed by atoms with Crippen molar-refractivity contribution in [3.8, 4) is 0 Å². The molecule has 1 N–H and O–H groups in total. The lowest BCUT2D eigenvalue weighted by Crippen LogP contribution is -2.01. The molecular formula is C20H17NO. The first kappa shape index (κ1) is 14.1. The van der Waals surface area contributed by atoms with E-state index in [0.29, 0.717) is 5.56 Å². The van der Waals surface area contributed by atoms with Crippen LogP contribution in [0.15, 0.2) is 84.6 Å². The van der Waals surface area contributed by atoms with Gasteiger partial charge in [0.2, 0.25) is 0 Å². The molecule has 3 rings (SSSR count). The molecule has 0 fully saturated rings. The zero-order valence-corrected chi connectivity index (χ0v) is 12.4. The molecule has 2 heteroatoms. The van der Waals surface area contributed by atoms with Gasteiger partial charge in [0.05, 0.1) is 0 Å². The Morgan fingerprint density at radius 1 is 0.864 bits per heavy atom. The van der Waals surface area contributed by atoms with Crippen molar-refractivity contribution in [3.05, 3.63) is 90.1 Å². The van der Waals surface area contributed by atoms with Crippen molar-refractivity contribution in [1.82, 2.24) is 0 Å². The highest BCUT2D eigenvalue weighted by atomic mass is 16.1. The third kappa shape index (κ3) is 3.23. The van der Waals surface area contributed by atoms with Gasteiger partial charge >= 0.3 is 0 Å². The van der Waals surface area contributed by atoms with Crippen molar-refractivity contribution in [2.45, 2.75) is 6.92 Å². The van der Waals surface area contributed by atoms with E-state index in [1.165, 1.54) is 10.8 Å². The monoisotopic (exact) mass is 287 g/mol. The molecule has 0 atom stereocenters. The average Bonchev–Trinajstić information content (AvgIpc) is 2.55. The van der Waals surface area contributed by atoms with Crippen LogP contribution in [0.25, 0.3) is 10.8 Å². The third-order valence-electron chi connectivity index (χ3n) is 3.50. The maximum Gasteiger partial charge on any atom is 0.187 e. The largest absolute Gasteiger partial charge is 0.359 e. The summed E-state index contributed by atoms with van der Waals surface area (Å²) in [4.78, 5) is 12.1. The lowest BCUT2D eigenvalue weighted by Gasteiger charge is -2.08. The van der Waals surface area contributed by atoms with Gasteiger partial charge in [-0.1, -0.05) is 60.7 Å². The summed E-state index contributed by atoms with van der Waals surface area (Å²) in [5, 5.41) is 5.65. The number of allylic oxidation sites excluding steroid dienone is 2. The lowest BCUT2D eigenvalue weighted by molar-refractivity contribution is 0.104. The van der Waals surface area contributed by atoms with E-state index in [9.17, 15) is 4.79 Å². The number of carbonyl (C=O) groups excluding carboxylic acids is 1. The first-order valence-electron chi connectivity index (χ1n) is 7.26. The molecule has 108 valence electrons. The van der Waals surface area contributed by atoms with Crippen LogP contribution in [0.3, 0.4) is 0 Å². The third-order valence-corrected chi connectivity index (χ3v) is 3.50. The predicted molar refractivity (Wildman–Crippen MR) is 92.1 cm³/mol. The quantitative estimate of drug-likeness (QED) is 0.538. The van der Waals surface area contributed by atoms with E-state index >= 15 is 0 Å². The number of hydrogen-bond acceptors (Lipinski definition) is 2. The number of nitrogens with one attached hydrogen (secondary N) is 1. The van der Waals surface area contributed by atoms with Crippen molar-refractivity contribution in [2.75, 3.05) is 5.32 Å². The molecule has 3 aromatic carbocycles. The molecule has 0 radical (unpaired) electrons. The van der Waals surface area contributed by atoms with Gasteiger partial charge < -0.3 is 5.32 Å². The molecule has 0 aliphatic heterocycles. The number of ketones is 1. The summed E-state index contributed by atoms with van der Waals surface area (Å²) in [6, 6.07) is 23.7. The van der Waals surface area contributed by atoms with Gasteiger partial charge in [-0.3, -0.25) is 4.79 Å². The van der Waals surface area contributed by atoms with Crippen molar-refractivity contribution < 1.29 is 4.79 Å². The molecular weight excluding hydrogens is 270 g/mol. The Labute approximate surface area is 130 Å². The first-order chi connectivity index (χ1) is 10.7. The Bertz CT molecular complexity index is 834. The molecule has 0 unspecified atom stereocenters. The summed E-state index contributed by atoms with van der Waals surface area (Å²) >= 11 is 0. The number of hydrogen-bond donors (Lipinski definition) is 1. The second-order valence-corrected chi connectivity index (χ2v) is 5.24. The molecule has 0 aliphatic carbocycles. The van der Waals surface area contributed by atoms with Gasteiger partial charge in [0.25, 0.3) is 0 Å². The Morgan fingerprint density at radius 2 is 1.55 bits per heavy atom. The summed E-state index contributed by atoms with van der Waals surface area (Å²) in [5.41, 5.74) is 2.50. The Kier molecular flexibility index (Phi) is 4.01. The van der Waals surface area contributed by atoms with E-state index in [2.05, 4.69) is 29.6 Å². The number of fused-ring (bicyclic) bond motifs is 1. The summed E-state index contributed by atoms with van der Waals surface area (Å²) in [7, 11) is 0. The van der Waals surface area contributed by atoms with Crippen molar-refractivity contribution in [2.24, 2.45) is 0 Å². The molecule has 0 saturated carbocycles. The molecule has 0 spiro atoms. The molecule has 0 amide bonds. The van der Waals surface area contributed by atoms with Crippen molar-refractivity contribution in [1.29, 1.82) is 0 Å². The zero-order chi connectivity index (χ0) is 15.4. The topological polar surface area (TPSA) is 29.1 Å². The zero-order valence-electron chi connectivity index (χ0n) is 12.4. The van der Waals surface area contributed by atoms with Crippen LogP contribution in [0.2, 0.25) is 0 Å². The summed E-state index contributed by atoms with van der Waals surface area (Å²) in [5.74, 6) is 0.00592. The summed E-state index contributed by atoms with van der Waals surface area (Å²) in [6.45, 7) is 1.90. The number of anilines is 1. The molecule has 0 aliphatic rings. The standard InChI is InChI=1S/C20H17NO/c1-15(13-20(22)17-8-3-2-4-9-17)21-19-12-11-16-7-5-6-10-18(16)14-19/h2-14,21H,1H3/b15-13-. The fourth-order valence-corrected chi connectivity index (χ4v) is 2.41. The maximum atomic E-state index is 12.1. The molecule has 3 aromatic rings. The molecule has 22 heavy (non-hydrogen) atoms. The highest BCUT2D eigenvalue weighted by Gasteiger charge is 2.02. The summed E-state index contributed by atoms with van der Waals surface area (Å²) in [6.07, 6.45) is 1.63. The van der Waals surface area contributed by atoms with Crippen LogP contribution in [-0.2, 0) is 0 Å². The Hall–Kier alpha value is -2.87. The normalized spacial score (nSPS) is 11.4. The van der Waals surface area contributed by atoms with Gasteiger partial charge in [-0.15, -0.1) is 0 Å². The van der Waals surface area contributed by atoms with Crippen LogP contribution < -0.4 is 5.32 Å². The van der Waals surface area contributed by atoms with Crippen LogP contribution in [-0.4, -0.2) is 5.78 Å². The van der Waals surface area contributed by atoms with Gasteiger partial charge in [0, 0.05) is 23.0 Å². The lowest BCUT2D eigenvalue weighted by atomic mass is 10.1. The highest BCUT2D eigenvalue weighted by Crippen LogP contribution is 2.20. The average molecular weight is 287 g/mol. The molecule has 0 saturated heterocycles. The highest BCUT2D eigenvalue weighted by molar-refractivity contribution is 6.05. The van der Waals surface area contributed by atoms with E-state index in [4.69, 9.17) is 0 Å². The fourth-order valence-electron chi connectivity index (χ4n) is 2.41. The van der Waals surface area contributed by atoms with Crippen LogP contribution in [0.5, 0.6) is 0 Å². The van der Waals surface area contributed by atoms with Crippen LogP contribution in [0, 0.1) is 0 Å². The fraction of sp³-hybridized carbons (Fsp3) is 0.0500. The van der Waals surface area contributed by atoms with E-state index in [1.54, 1.807) is 6.08 Å². The van der Waals surface area contributed by atoms with E-state index in [-0.39, 0.29) is 5.78 Å². The number of rotatable bonds is 4. The summed E-state index contributed by atoms with van der Waals surface area (Å²) < 4.78 is 0. The van der Waals surface area contributed by atoms with Gasteiger partial charge in [-0.05, 0) is 29.8 Å². The smallest absolute Gasteiger partial charge is 0.187 e. The minimum Gasteiger partial charge on any atom is -0.359 e. The number of carbonyl (C=O) groups is 1. The van der Waals surface area contributed by atoms with Crippen LogP contribution in [0.4, 0.5) is 5.69 Å². The predicted octanol–water partition coefficient (Wildman–Crippen LogP) is 5.04. The minimum atomic E-state index is 0.00592. The first-order valence-corrected chi connectivity index (χ1v) is 7.26. The van der Waals surface area contributed by atoms with Crippen molar-refractivity contribution >= 4 is 22.2 Å². The second kappa shape index (κ2) is 6.27. The van der Waals surface area contributed by atoms with Crippen LogP contribution in [0.1, 0.15) is 17.3 Å². The van der Waals surface area contributed by atoms with Gasteiger partial charge in [-0.25, -0.2) is 0 Å². The SMILES string of the molecule is C/C(=C/C(=O)c1ccccc1)Nc1ccc2ccccc2c1. The Balaban J connectivity index is 1.79. The van der Waals surface area contributed by atoms with Crippen LogP contribution >= 0.6 is 0 Å². The van der Waals surface area contributed by atoms with E-state index in [1.807, 2.05) is 55.5 Å². The van der Waals surface area contributed by atoms with Gasteiger partial charge in [0.15, 0.2) is 5.78 Å². The minimum absolute atomic E-state index is 0.00592. The maximum absolute atomic E-state index is 12.1. The Morgan fingerprint density at radius 3 is 2.32 bits per heavy atom. The van der Waals surface area contributed by atoms with E-state index in [0.717, 1.165) is 11.4 Å². The van der Waals surface area contributed by atoms with E-state index < -0.39 is 0 Å². The molecule has 0 heterocycles. The van der Waals surface area contributed by atoms with Gasteiger partial charge in [0.1, 0.15) is 0 Å². The number of benzene rings is 3. The second-order valence-electron chi connectivity index (χ2n) is 5.24. The molecule has 0 aromatic heterocycles. The molecule has 0 bridgehead atoms. The van der Waals surface area contributed by atoms with Crippen molar-refractivity contribution in [3.63, 3.8) is 0 Å². The van der Waals surface area contributed by atoms with Gasteiger partial charge in [-0.2, -0.15) is 0 Å².